The van der Waals surface area contributed by atoms with Crippen LogP contribution in [0.3, 0.4) is 0 Å². The average molecular weight is 217 g/mol. The van der Waals surface area contributed by atoms with Crippen LogP contribution >= 0.6 is 0 Å². The third-order valence-corrected chi connectivity index (χ3v) is 2.72. The van der Waals surface area contributed by atoms with E-state index in [2.05, 4.69) is 24.7 Å². The number of anilines is 1. The van der Waals surface area contributed by atoms with Crippen LogP contribution in [0.1, 0.15) is 31.9 Å². The molecular weight excluding hydrogens is 198 g/mol. The SMILES string of the molecule is C#CCC(O)c1ccc(N(CC)CC)cc1. The molecule has 1 aromatic carbocycles. The molecule has 2 nitrogen and oxygen atoms in total. The van der Waals surface area contributed by atoms with E-state index in [-0.39, 0.29) is 0 Å². The van der Waals surface area contributed by atoms with Crippen molar-refractivity contribution in [2.24, 2.45) is 0 Å². The number of nitrogens with zero attached hydrogens (tertiary/aromatic N) is 1. The maximum absolute atomic E-state index is 9.71. The lowest BCUT2D eigenvalue weighted by molar-refractivity contribution is 0.184. The highest BCUT2D eigenvalue weighted by Crippen LogP contribution is 2.20. The summed E-state index contributed by atoms with van der Waals surface area (Å²) in [5.41, 5.74) is 2.07. The second kappa shape index (κ2) is 6.19. The van der Waals surface area contributed by atoms with E-state index >= 15 is 0 Å². The molecule has 0 aliphatic rings. The fourth-order valence-corrected chi connectivity index (χ4v) is 1.73. The Morgan fingerprint density at radius 2 is 1.81 bits per heavy atom. The van der Waals surface area contributed by atoms with Gasteiger partial charge in [0.2, 0.25) is 0 Å². The van der Waals surface area contributed by atoms with Gasteiger partial charge in [0.15, 0.2) is 0 Å². The van der Waals surface area contributed by atoms with Crippen molar-refractivity contribution < 1.29 is 5.11 Å². The lowest BCUT2D eigenvalue weighted by Crippen LogP contribution is -2.21. The van der Waals surface area contributed by atoms with Crippen molar-refractivity contribution in [2.75, 3.05) is 18.0 Å². The highest BCUT2D eigenvalue weighted by molar-refractivity contribution is 5.47. The Balaban J connectivity index is 2.78. The molecule has 0 bridgehead atoms. The molecule has 1 N–H and O–H groups in total. The fraction of sp³-hybridized carbons (Fsp3) is 0.429. The van der Waals surface area contributed by atoms with Crippen molar-refractivity contribution in [2.45, 2.75) is 26.4 Å². The van der Waals surface area contributed by atoms with Gasteiger partial charge in [-0.1, -0.05) is 12.1 Å². The molecule has 86 valence electrons. The Morgan fingerprint density at radius 1 is 1.25 bits per heavy atom. The highest BCUT2D eigenvalue weighted by atomic mass is 16.3. The van der Waals surface area contributed by atoms with E-state index in [1.807, 2.05) is 24.3 Å². The van der Waals surface area contributed by atoms with Gasteiger partial charge in [-0.05, 0) is 31.5 Å². The quantitative estimate of drug-likeness (QED) is 0.766. The Morgan fingerprint density at radius 3 is 2.25 bits per heavy atom. The van der Waals surface area contributed by atoms with Crippen LogP contribution in [0.2, 0.25) is 0 Å². The maximum Gasteiger partial charge on any atom is 0.0899 e. The van der Waals surface area contributed by atoms with Gasteiger partial charge >= 0.3 is 0 Å². The smallest absolute Gasteiger partial charge is 0.0899 e. The van der Waals surface area contributed by atoms with Gasteiger partial charge in [0.1, 0.15) is 0 Å². The van der Waals surface area contributed by atoms with Crippen LogP contribution in [0.15, 0.2) is 24.3 Å². The van der Waals surface area contributed by atoms with Crippen molar-refractivity contribution in [1.82, 2.24) is 0 Å². The van der Waals surface area contributed by atoms with Crippen molar-refractivity contribution >= 4 is 5.69 Å². The molecule has 0 saturated heterocycles. The molecule has 0 aliphatic carbocycles. The van der Waals surface area contributed by atoms with Crippen LogP contribution in [-0.4, -0.2) is 18.2 Å². The van der Waals surface area contributed by atoms with E-state index in [0.29, 0.717) is 6.42 Å². The van der Waals surface area contributed by atoms with Gasteiger partial charge in [0.25, 0.3) is 0 Å². The first-order valence-corrected chi connectivity index (χ1v) is 5.69. The average Bonchev–Trinajstić information content (AvgIpc) is 2.32. The summed E-state index contributed by atoms with van der Waals surface area (Å²) < 4.78 is 0. The summed E-state index contributed by atoms with van der Waals surface area (Å²) in [7, 11) is 0. The van der Waals surface area contributed by atoms with Gasteiger partial charge in [-0.25, -0.2) is 0 Å². The molecule has 0 aromatic heterocycles. The lowest BCUT2D eigenvalue weighted by atomic mass is 10.1. The summed E-state index contributed by atoms with van der Waals surface area (Å²) in [6.07, 6.45) is 4.99. The Hall–Kier alpha value is -1.46. The fourth-order valence-electron chi connectivity index (χ4n) is 1.73. The molecule has 1 atom stereocenters. The number of aliphatic hydroxyl groups excluding tert-OH is 1. The minimum absolute atomic E-state index is 0.366. The summed E-state index contributed by atoms with van der Waals surface area (Å²) in [4.78, 5) is 2.26. The molecule has 0 aliphatic heterocycles. The number of terminal acetylenes is 1. The van der Waals surface area contributed by atoms with Crippen molar-refractivity contribution in [3.8, 4) is 12.3 Å². The van der Waals surface area contributed by atoms with E-state index in [9.17, 15) is 5.11 Å². The Labute approximate surface area is 97.9 Å². The highest BCUT2D eigenvalue weighted by Gasteiger charge is 2.06. The molecule has 0 radical (unpaired) electrons. The van der Waals surface area contributed by atoms with Crippen LogP contribution in [0.5, 0.6) is 0 Å². The van der Waals surface area contributed by atoms with Crippen LogP contribution < -0.4 is 4.90 Å². The van der Waals surface area contributed by atoms with Crippen molar-refractivity contribution in [1.29, 1.82) is 0 Å². The molecule has 1 aromatic rings. The minimum Gasteiger partial charge on any atom is -0.387 e. The zero-order valence-corrected chi connectivity index (χ0v) is 9.98. The largest absolute Gasteiger partial charge is 0.387 e. The summed E-state index contributed by atoms with van der Waals surface area (Å²) in [5.74, 6) is 2.47. The van der Waals surface area contributed by atoms with E-state index in [1.165, 1.54) is 5.69 Å². The van der Waals surface area contributed by atoms with Crippen molar-refractivity contribution in [3.05, 3.63) is 29.8 Å². The van der Waals surface area contributed by atoms with Crippen LogP contribution in [0.4, 0.5) is 5.69 Å². The third-order valence-electron chi connectivity index (χ3n) is 2.72. The second-order valence-corrected chi connectivity index (χ2v) is 3.69. The monoisotopic (exact) mass is 217 g/mol. The van der Waals surface area contributed by atoms with Gasteiger partial charge in [-0.2, -0.15) is 0 Å². The molecule has 1 unspecified atom stereocenters. The first-order chi connectivity index (χ1) is 7.72. The molecule has 2 heteroatoms. The number of aliphatic hydroxyl groups is 1. The van der Waals surface area contributed by atoms with E-state index in [1.54, 1.807) is 0 Å². The molecule has 0 heterocycles. The standard InChI is InChI=1S/C14H19NO/c1-4-7-14(16)12-8-10-13(11-9-12)15(5-2)6-3/h1,8-11,14,16H,5-7H2,2-3H3. The normalized spacial score (nSPS) is 11.9. The first-order valence-electron chi connectivity index (χ1n) is 5.69. The zero-order valence-electron chi connectivity index (χ0n) is 9.98. The topological polar surface area (TPSA) is 23.5 Å². The summed E-state index contributed by atoms with van der Waals surface area (Å²) in [5, 5.41) is 9.71. The second-order valence-electron chi connectivity index (χ2n) is 3.69. The van der Waals surface area contributed by atoms with Gasteiger partial charge in [-0.15, -0.1) is 12.3 Å². The van der Waals surface area contributed by atoms with Crippen LogP contribution in [0.25, 0.3) is 0 Å². The predicted octanol–water partition coefficient (Wildman–Crippen LogP) is 2.59. The molecule has 0 fully saturated rings. The van der Waals surface area contributed by atoms with Crippen LogP contribution in [-0.2, 0) is 0 Å². The van der Waals surface area contributed by atoms with E-state index in [4.69, 9.17) is 6.42 Å². The number of hydrogen-bond donors (Lipinski definition) is 1. The van der Waals surface area contributed by atoms with Gasteiger partial charge in [-0.3, -0.25) is 0 Å². The van der Waals surface area contributed by atoms with Crippen LogP contribution in [0, 0.1) is 12.3 Å². The Bertz CT molecular complexity index is 346. The van der Waals surface area contributed by atoms with Gasteiger partial charge in [0, 0.05) is 25.2 Å². The van der Waals surface area contributed by atoms with Crippen molar-refractivity contribution in [3.63, 3.8) is 0 Å². The summed E-state index contributed by atoms with van der Waals surface area (Å²) in [6.45, 7) is 6.24. The number of benzene rings is 1. The summed E-state index contributed by atoms with van der Waals surface area (Å²) in [6, 6.07) is 7.94. The predicted molar refractivity (Wildman–Crippen MR) is 68.4 cm³/mol. The molecule has 0 amide bonds. The molecule has 0 spiro atoms. The molecule has 16 heavy (non-hydrogen) atoms. The van der Waals surface area contributed by atoms with Gasteiger partial charge in [0.05, 0.1) is 6.10 Å². The molecule has 1 rings (SSSR count). The number of rotatable bonds is 5. The van der Waals surface area contributed by atoms with E-state index < -0.39 is 6.10 Å². The maximum atomic E-state index is 9.71. The van der Waals surface area contributed by atoms with Gasteiger partial charge < -0.3 is 10.0 Å². The Kier molecular flexibility index (Phi) is 4.88. The lowest BCUT2D eigenvalue weighted by Gasteiger charge is -2.21. The number of hydrogen-bond acceptors (Lipinski definition) is 2. The van der Waals surface area contributed by atoms with E-state index in [0.717, 1.165) is 18.7 Å². The molecule has 0 saturated carbocycles. The zero-order chi connectivity index (χ0) is 12.0. The summed E-state index contributed by atoms with van der Waals surface area (Å²) >= 11 is 0. The third kappa shape index (κ3) is 3.01. The minimum atomic E-state index is -0.546. The molecular formula is C14H19NO. The first kappa shape index (κ1) is 12.6.